The van der Waals surface area contributed by atoms with Crippen LogP contribution in [0.15, 0.2) is 41.2 Å². The fraction of sp³-hybridized carbons (Fsp3) is 0.176. The molecule has 118 valence electrons. The summed E-state index contributed by atoms with van der Waals surface area (Å²) in [5, 5.41) is 17.2. The Morgan fingerprint density at radius 1 is 1.04 bits per heavy atom. The van der Waals surface area contributed by atoms with Gasteiger partial charge in [0.1, 0.15) is 5.75 Å². The second kappa shape index (κ2) is 6.00. The molecule has 0 aliphatic rings. The van der Waals surface area contributed by atoms with Crippen molar-refractivity contribution in [1.29, 1.82) is 0 Å². The van der Waals surface area contributed by atoms with E-state index in [-0.39, 0.29) is 11.3 Å². The van der Waals surface area contributed by atoms with Crippen molar-refractivity contribution in [3.8, 4) is 17.2 Å². The molecule has 0 saturated heterocycles. The van der Waals surface area contributed by atoms with E-state index in [1.165, 1.54) is 7.11 Å². The molecule has 2 aromatic carbocycles. The summed E-state index contributed by atoms with van der Waals surface area (Å²) in [6, 6.07) is 10.3. The number of aromatic amines is 1. The number of fused-ring (bicyclic) bond motifs is 1. The van der Waals surface area contributed by atoms with Gasteiger partial charge in [-0.2, -0.15) is 5.10 Å². The predicted molar refractivity (Wildman–Crippen MR) is 86.4 cm³/mol. The van der Waals surface area contributed by atoms with Gasteiger partial charge in [-0.3, -0.25) is 4.79 Å². The van der Waals surface area contributed by atoms with E-state index in [4.69, 9.17) is 9.47 Å². The van der Waals surface area contributed by atoms with E-state index in [1.54, 1.807) is 31.4 Å². The third kappa shape index (κ3) is 2.83. The second-order valence-electron chi connectivity index (χ2n) is 5.10. The number of phenolic OH excluding ortho intramolecular Hbond substituents is 1. The first kappa shape index (κ1) is 14.9. The van der Waals surface area contributed by atoms with E-state index in [9.17, 15) is 9.90 Å². The zero-order valence-corrected chi connectivity index (χ0v) is 12.8. The summed E-state index contributed by atoms with van der Waals surface area (Å²) in [5.74, 6) is 1.24. The van der Waals surface area contributed by atoms with E-state index >= 15 is 0 Å². The van der Waals surface area contributed by atoms with Crippen LogP contribution in [-0.4, -0.2) is 29.5 Å². The lowest BCUT2D eigenvalue weighted by Crippen LogP contribution is -2.12. The van der Waals surface area contributed by atoms with E-state index in [0.29, 0.717) is 34.4 Å². The molecule has 1 heterocycles. The maximum absolute atomic E-state index is 12.0. The number of nitrogens with one attached hydrogen (secondary N) is 1. The summed E-state index contributed by atoms with van der Waals surface area (Å²) >= 11 is 0. The summed E-state index contributed by atoms with van der Waals surface area (Å²) < 4.78 is 10.6. The van der Waals surface area contributed by atoms with E-state index in [1.807, 2.05) is 12.1 Å². The molecule has 1 aromatic heterocycles. The number of ether oxygens (including phenoxy) is 2. The van der Waals surface area contributed by atoms with Gasteiger partial charge in [-0.15, -0.1) is 0 Å². The van der Waals surface area contributed by atoms with Gasteiger partial charge in [0.15, 0.2) is 11.5 Å². The number of rotatable bonds is 4. The van der Waals surface area contributed by atoms with Crippen LogP contribution in [0.2, 0.25) is 0 Å². The number of H-pyrrole nitrogens is 1. The fourth-order valence-electron chi connectivity index (χ4n) is 2.49. The summed E-state index contributed by atoms with van der Waals surface area (Å²) in [5.41, 5.74) is 1.40. The molecule has 0 unspecified atom stereocenters. The fourth-order valence-corrected chi connectivity index (χ4v) is 2.49. The Morgan fingerprint density at radius 3 is 2.26 bits per heavy atom. The average Bonchev–Trinajstić information content (AvgIpc) is 2.58. The first-order valence-corrected chi connectivity index (χ1v) is 7.03. The van der Waals surface area contributed by atoms with Crippen LogP contribution >= 0.6 is 0 Å². The van der Waals surface area contributed by atoms with Gasteiger partial charge in [0.2, 0.25) is 0 Å². The third-order valence-corrected chi connectivity index (χ3v) is 3.68. The van der Waals surface area contributed by atoms with Crippen LogP contribution in [0, 0.1) is 0 Å². The summed E-state index contributed by atoms with van der Waals surface area (Å²) in [7, 11) is 3.07. The van der Waals surface area contributed by atoms with Crippen LogP contribution in [0.3, 0.4) is 0 Å². The Kier molecular flexibility index (Phi) is 3.89. The van der Waals surface area contributed by atoms with E-state index in [0.717, 1.165) is 5.56 Å². The van der Waals surface area contributed by atoms with Crippen molar-refractivity contribution in [3.05, 3.63) is 58.0 Å². The molecule has 3 rings (SSSR count). The van der Waals surface area contributed by atoms with Gasteiger partial charge in [0, 0.05) is 11.8 Å². The van der Waals surface area contributed by atoms with Crippen LogP contribution in [-0.2, 0) is 6.42 Å². The van der Waals surface area contributed by atoms with E-state index < -0.39 is 0 Å². The zero-order chi connectivity index (χ0) is 16.4. The minimum atomic E-state index is -0.282. The highest BCUT2D eigenvalue weighted by Crippen LogP contribution is 2.32. The largest absolute Gasteiger partial charge is 0.508 e. The number of aromatic hydroxyl groups is 1. The first-order valence-electron chi connectivity index (χ1n) is 7.03. The van der Waals surface area contributed by atoms with Gasteiger partial charge in [0.05, 0.1) is 25.3 Å². The van der Waals surface area contributed by atoms with Gasteiger partial charge in [-0.1, -0.05) is 12.1 Å². The van der Waals surface area contributed by atoms with Gasteiger partial charge < -0.3 is 14.6 Å². The smallest absolute Gasteiger partial charge is 0.272 e. The number of benzene rings is 2. The second-order valence-corrected chi connectivity index (χ2v) is 5.10. The third-order valence-electron chi connectivity index (χ3n) is 3.68. The average molecular weight is 312 g/mol. The molecule has 0 spiro atoms. The van der Waals surface area contributed by atoms with Crippen molar-refractivity contribution >= 4 is 10.8 Å². The number of hydrogen-bond donors (Lipinski definition) is 2. The lowest BCUT2D eigenvalue weighted by atomic mass is 10.0. The van der Waals surface area contributed by atoms with Crippen LogP contribution in [0.25, 0.3) is 10.8 Å². The lowest BCUT2D eigenvalue weighted by Gasteiger charge is -2.11. The zero-order valence-electron chi connectivity index (χ0n) is 12.8. The van der Waals surface area contributed by atoms with Gasteiger partial charge in [-0.25, -0.2) is 5.10 Å². The van der Waals surface area contributed by atoms with Crippen LogP contribution in [0.1, 0.15) is 11.3 Å². The Hall–Kier alpha value is -3.02. The maximum atomic E-state index is 12.0. The standard InChI is InChI=1S/C17H16N2O4/c1-22-15-8-12-13(9-16(15)23-2)17(21)19-18-14(12)7-10-3-5-11(20)6-4-10/h3-6,8-9,20H,7H2,1-2H3,(H,19,21). The Balaban J connectivity index is 2.15. The molecule has 0 aliphatic carbocycles. The molecule has 6 heteroatoms. The molecule has 0 bridgehead atoms. The van der Waals surface area contributed by atoms with Crippen molar-refractivity contribution in [2.24, 2.45) is 0 Å². The van der Waals surface area contributed by atoms with Crippen LogP contribution in [0.5, 0.6) is 17.2 Å². The number of methoxy groups -OCH3 is 2. The number of aromatic nitrogens is 2. The molecular formula is C17H16N2O4. The lowest BCUT2D eigenvalue weighted by molar-refractivity contribution is 0.356. The van der Waals surface area contributed by atoms with Crippen molar-refractivity contribution in [1.82, 2.24) is 10.2 Å². The molecule has 0 radical (unpaired) electrons. The van der Waals surface area contributed by atoms with Crippen molar-refractivity contribution in [3.63, 3.8) is 0 Å². The normalized spacial score (nSPS) is 10.7. The quantitative estimate of drug-likeness (QED) is 0.772. The molecule has 0 aliphatic heterocycles. The van der Waals surface area contributed by atoms with Gasteiger partial charge >= 0.3 is 0 Å². The SMILES string of the molecule is COc1cc2c(Cc3ccc(O)cc3)n[nH]c(=O)c2cc1OC. The number of hydrogen-bond acceptors (Lipinski definition) is 5. The Labute approximate surface area is 132 Å². The Bertz CT molecular complexity index is 901. The minimum absolute atomic E-state index is 0.208. The maximum Gasteiger partial charge on any atom is 0.272 e. The van der Waals surface area contributed by atoms with Gasteiger partial charge in [0.25, 0.3) is 5.56 Å². The molecule has 6 nitrogen and oxygen atoms in total. The van der Waals surface area contributed by atoms with Crippen molar-refractivity contribution in [2.45, 2.75) is 6.42 Å². The topological polar surface area (TPSA) is 84.4 Å². The predicted octanol–water partition coefficient (Wildman–Crippen LogP) is 2.24. The highest BCUT2D eigenvalue weighted by atomic mass is 16.5. The highest BCUT2D eigenvalue weighted by molar-refractivity contribution is 5.87. The Morgan fingerprint density at radius 2 is 1.65 bits per heavy atom. The summed E-state index contributed by atoms with van der Waals surface area (Å²) in [6.45, 7) is 0. The molecule has 23 heavy (non-hydrogen) atoms. The van der Waals surface area contributed by atoms with Crippen molar-refractivity contribution < 1.29 is 14.6 Å². The van der Waals surface area contributed by atoms with E-state index in [2.05, 4.69) is 10.2 Å². The molecule has 3 aromatic rings. The monoisotopic (exact) mass is 312 g/mol. The molecule has 0 amide bonds. The summed E-state index contributed by atoms with van der Waals surface area (Å²) in [6.07, 6.45) is 0.517. The molecule has 0 fully saturated rings. The molecule has 2 N–H and O–H groups in total. The molecular weight excluding hydrogens is 296 g/mol. The highest BCUT2D eigenvalue weighted by Gasteiger charge is 2.13. The number of nitrogens with zero attached hydrogens (tertiary/aromatic N) is 1. The first-order chi connectivity index (χ1) is 11.1. The van der Waals surface area contributed by atoms with Crippen LogP contribution in [0.4, 0.5) is 0 Å². The summed E-state index contributed by atoms with van der Waals surface area (Å²) in [4.78, 5) is 12.0. The minimum Gasteiger partial charge on any atom is -0.508 e. The number of phenols is 1. The molecule has 0 atom stereocenters. The van der Waals surface area contributed by atoms with Crippen molar-refractivity contribution in [2.75, 3.05) is 14.2 Å². The van der Waals surface area contributed by atoms with Crippen LogP contribution < -0.4 is 15.0 Å². The van der Waals surface area contributed by atoms with Gasteiger partial charge in [-0.05, 0) is 29.8 Å². The molecule has 0 saturated carbocycles.